The van der Waals surface area contributed by atoms with Gasteiger partial charge in [0.05, 0.1) is 29.4 Å². The zero-order chi connectivity index (χ0) is 16.7. The van der Waals surface area contributed by atoms with Gasteiger partial charge in [-0.05, 0) is 44.9 Å². The van der Waals surface area contributed by atoms with Crippen molar-refractivity contribution in [1.82, 2.24) is 15.1 Å². The van der Waals surface area contributed by atoms with Crippen LogP contribution in [0.1, 0.15) is 30.7 Å². The van der Waals surface area contributed by atoms with Gasteiger partial charge >= 0.3 is 5.97 Å². The quantitative estimate of drug-likeness (QED) is 0.850. The molecule has 2 aliphatic rings. The van der Waals surface area contributed by atoms with E-state index in [-0.39, 0.29) is 30.4 Å². The number of nitrogens with zero attached hydrogens (tertiary/aromatic N) is 2. The molecule has 1 aromatic rings. The Balaban J connectivity index is 1.69. The molecule has 0 saturated heterocycles. The lowest BCUT2D eigenvalue weighted by Crippen LogP contribution is -2.48. The Morgan fingerprint density at radius 3 is 2.65 bits per heavy atom. The zero-order valence-corrected chi connectivity index (χ0v) is 14.4. The zero-order valence-electron chi connectivity index (χ0n) is 13.6. The van der Waals surface area contributed by atoms with Gasteiger partial charge in [-0.25, -0.2) is 0 Å². The summed E-state index contributed by atoms with van der Waals surface area (Å²) in [5, 5.41) is 7.90. The smallest absolute Gasteiger partial charge is 0.311 e. The molecule has 0 aliphatic heterocycles. The molecule has 4 atom stereocenters. The van der Waals surface area contributed by atoms with Crippen LogP contribution in [0.5, 0.6) is 0 Å². The molecule has 3 rings (SSSR count). The van der Waals surface area contributed by atoms with Crippen LogP contribution in [0.25, 0.3) is 0 Å². The molecular weight excluding hydrogens is 318 g/mol. The largest absolute Gasteiger partial charge is 0.469 e. The molecule has 23 heavy (non-hydrogen) atoms. The van der Waals surface area contributed by atoms with Gasteiger partial charge in [-0.15, -0.1) is 0 Å². The summed E-state index contributed by atoms with van der Waals surface area (Å²) in [5.41, 5.74) is 1.49. The van der Waals surface area contributed by atoms with Crippen molar-refractivity contribution in [1.29, 1.82) is 0 Å². The minimum absolute atomic E-state index is 0.112. The number of hydrogen-bond donors (Lipinski definition) is 1. The Hall–Kier alpha value is -1.56. The second-order valence-corrected chi connectivity index (χ2v) is 7.00. The molecule has 2 fully saturated rings. The maximum Gasteiger partial charge on any atom is 0.311 e. The average molecular weight is 340 g/mol. The summed E-state index contributed by atoms with van der Waals surface area (Å²) < 4.78 is 6.53. The summed E-state index contributed by atoms with van der Waals surface area (Å²) in [6, 6.07) is -0.124. The monoisotopic (exact) mass is 339 g/mol. The normalized spacial score (nSPS) is 28.9. The van der Waals surface area contributed by atoms with Crippen molar-refractivity contribution in [2.45, 2.75) is 45.7 Å². The molecule has 2 saturated carbocycles. The van der Waals surface area contributed by atoms with Crippen molar-refractivity contribution >= 4 is 23.5 Å². The van der Waals surface area contributed by atoms with E-state index in [1.807, 2.05) is 13.8 Å². The van der Waals surface area contributed by atoms with Crippen LogP contribution >= 0.6 is 11.6 Å². The van der Waals surface area contributed by atoms with Gasteiger partial charge in [-0.2, -0.15) is 5.10 Å². The first-order chi connectivity index (χ1) is 10.9. The van der Waals surface area contributed by atoms with E-state index in [9.17, 15) is 9.59 Å². The van der Waals surface area contributed by atoms with Crippen molar-refractivity contribution in [3.05, 3.63) is 16.4 Å². The molecular formula is C16H22ClN3O3. The molecule has 126 valence electrons. The Morgan fingerprint density at radius 2 is 2.04 bits per heavy atom. The number of rotatable bonds is 4. The highest BCUT2D eigenvalue weighted by Crippen LogP contribution is 2.48. The summed E-state index contributed by atoms with van der Waals surface area (Å²) in [6.45, 7) is 3.76. The van der Waals surface area contributed by atoms with Crippen molar-refractivity contribution in [2.24, 2.45) is 17.8 Å². The van der Waals surface area contributed by atoms with Gasteiger partial charge in [0.15, 0.2) is 0 Å². The highest BCUT2D eigenvalue weighted by atomic mass is 35.5. The van der Waals surface area contributed by atoms with Crippen molar-refractivity contribution in [2.75, 3.05) is 7.11 Å². The van der Waals surface area contributed by atoms with Crippen LogP contribution in [0.2, 0.25) is 5.02 Å². The third kappa shape index (κ3) is 2.84. The summed E-state index contributed by atoms with van der Waals surface area (Å²) in [6.07, 6.45) is 3.11. The van der Waals surface area contributed by atoms with E-state index in [2.05, 4.69) is 10.4 Å². The molecule has 6 nitrogen and oxygen atoms in total. The average Bonchev–Trinajstić information content (AvgIpc) is 3.18. The Bertz CT molecular complexity index is 643. The number of hydrogen-bond acceptors (Lipinski definition) is 4. The minimum atomic E-state index is -0.216. The lowest BCUT2D eigenvalue weighted by atomic mass is 9.84. The number of fused-ring (bicyclic) bond motifs is 2. The first kappa shape index (κ1) is 16.3. The topological polar surface area (TPSA) is 73.2 Å². The number of nitrogens with one attached hydrogen (secondary N) is 1. The number of carbonyl (C=O) groups is 2. The molecule has 0 spiro atoms. The number of carbonyl (C=O) groups excluding carboxylic acids is 2. The molecule has 0 unspecified atom stereocenters. The SMILES string of the molecule is COC(=O)[C@@H]1[C@H]2CC[C@@H](C2)[C@@H]1NC(=O)Cn1nc(C)c(Cl)c1C. The number of amides is 1. The van der Waals surface area contributed by atoms with E-state index < -0.39 is 0 Å². The van der Waals surface area contributed by atoms with Crippen LogP contribution in [0.15, 0.2) is 0 Å². The van der Waals surface area contributed by atoms with Crippen LogP contribution in [0.4, 0.5) is 0 Å². The van der Waals surface area contributed by atoms with E-state index in [4.69, 9.17) is 16.3 Å². The van der Waals surface area contributed by atoms with Crippen molar-refractivity contribution < 1.29 is 14.3 Å². The van der Waals surface area contributed by atoms with Crippen LogP contribution < -0.4 is 5.32 Å². The van der Waals surface area contributed by atoms with Gasteiger partial charge in [-0.3, -0.25) is 14.3 Å². The highest BCUT2D eigenvalue weighted by molar-refractivity contribution is 6.31. The number of esters is 1. The van der Waals surface area contributed by atoms with Gasteiger partial charge in [-0.1, -0.05) is 11.6 Å². The fourth-order valence-corrected chi connectivity index (χ4v) is 4.31. The number of ether oxygens (including phenoxy) is 1. The summed E-state index contributed by atoms with van der Waals surface area (Å²) in [4.78, 5) is 24.5. The fourth-order valence-electron chi connectivity index (χ4n) is 4.17. The van der Waals surface area contributed by atoms with Gasteiger partial charge in [0, 0.05) is 6.04 Å². The van der Waals surface area contributed by atoms with Crippen LogP contribution in [-0.4, -0.2) is 34.8 Å². The fraction of sp³-hybridized carbons (Fsp3) is 0.688. The molecule has 1 heterocycles. The molecule has 1 aromatic heterocycles. The van der Waals surface area contributed by atoms with E-state index in [1.54, 1.807) is 4.68 Å². The summed E-state index contributed by atoms with van der Waals surface area (Å²) >= 11 is 6.11. The Kier molecular flexibility index (Phi) is 4.36. The standard InChI is InChI=1S/C16H22ClN3O3/c1-8-14(17)9(2)20(19-8)7-12(21)18-15-11-5-4-10(6-11)13(15)16(22)23-3/h10-11,13,15H,4-7H2,1-3H3,(H,18,21)/t10-,11-,13+,15-/m0/s1. The van der Waals surface area contributed by atoms with E-state index in [1.165, 1.54) is 7.11 Å². The van der Waals surface area contributed by atoms with Crippen LogP contribution in [0, 0.1) is 31.6 Å². The van der Waals surface area contributed by atoms with E-state index >= 15 is 0 Å². The molecule has 1 amide bonds. The van der Waals surface area contributed by atoms with E-state index in [0.717, 1.165) is 25.0 Å². The predicted octanol–water partition coefficient (Wildman–Crippen LogP) is 1.86. The lowest BCUT2D eigenvalue weighted by molar-refractivity contribution is -0.148. The van der Waals surface area contributed by atoms with Gasteiger partial charge in [0.25, 0.3) is 0 Å². The van der Waals surface area contributed by atoms with Crippen molar-refractivity contribution in [3.63, 3.8) is 0 Å². The Labute approximate surface area is 140 Å². The van der Waals surface area contributed by atoms with Gasteiger partial charge in [0.2, 0.25) is 5.91 Å². The second-order valence-electron chi connectivity index (χ2n) is 6.62. The third-order valence-electron chi connectivity index (χ3n) is 5.30. The number of methoxy groups -OCH3 is 1. The van der Waals surface area contributed by atoms with Gasteiger partial charge in [0.1, 0.15) is 6.54 Å². The van der Waals surface area contributed by atoms with Gasteiger partial charge < -0.3 is 10.1 Å². The molecule has 0 aromatic carbocycles. The number of halogens is 1. The molecule has 7 heteroatoms. The Morgan fingerprint density at radius 1 is 1.35 bits per heavy atom. The number of aryl methyl sites for hydroxylation is 1. The van der Waals surface area contributed by atoms with Crippen LogP contribution in [-0.2, 0) is 20.9 Å². The second kappa shape index (κ2) is 6.15. The molecule has 2 bridgehead atoms. The third-order valence-corrected chi connectivity index (χ3v) is 5.85. The summed E-state index contributed by atoms with van der Waals surface area (Å²) in [7, 11) is 1.41. The van der Waals surface area contributed by atoms with Crippen LogP contribution in [0.3, 0.4) is 0 Å². The molecule has 0 radical (unpaired) electrons. The predicted molar refractivity (Wildman–Crippen MR) is 85.0 cm³/mol. The first-order valence-corrected chi connectivity index (χ1v) is 8.36. The summed E-state index contributed by atoms with van der Waals surface area (Å²) in [5.74, 6) is 0.139. The van der Waals surface area contributed by atoms with E-state index in [0.29, 0.717) is 22.6 Å². The number of aromatic nitrogens is 2. The maximum absolute atomic E-state index is 12.4. The van der Waals surface area contributed by atoms with Crippen molar-refractivity contribution in [3.8, 4) is 0 Å². The minimum Gasteiger partial charge on any atom is -0.469 e. The lowest BCUT2D eigenvalue weighted by Gasteiger charge is -2.29. The highest BCUT2D eigenvalue weighted by Gasteiger charge is 2.51. The molecule has 2 aliphatic carbocycles. The first-order valence-electron chi connectivity index (χ1n) is 7.99. The molecule has 1 N–H and O–H groups in total. The maximum atomic E-state index is 12.4.